The zero-order valence-electron chi connectivity index (χ0n) is 8.64. The predicted octanol–water partition coefficient (Wildman–Crippen LogP) is 1.18. The fraction of sp³-hybridized carbons (Fsp3) is 0.0909. The van der Waals surface area contributed by atoms with Gasteiger partial charge in [-0.2, -0.15) is 0 Å². The molecule has 0 aromatic heterocycles. The van der Waals surface area contributed by atoms with Crippen LogP contribution in [0.2, 0.25) is 5.02 Å². The second-order valence-corrected chi connectivity index (χ2v) is 3.78. The van der Waals surface area contributed by atoms with E-state index in [9.17, 15) is 10.0 Å². The first-order chi connectivity index (χ1) is 7.65. The minimum Gasteiger partial charge on any atom is -0.497 e. The van der Waals surface area contributed by atoms with Crippen molar-refractivity contribution in [1.82, 2.24) is 0 Å². The first-order valence-corrected chi connectivity index (χ1v) is 5.14. The highest BCUT2D eigenvalue weighted by atomic mass is 35.5. The number of rotatable bonds is 2. The second-order valence-electron chi connectivity index (χ2n) is 3.40. The van der Waals surface area contributed by atoms with Gasteiger partial charge >= 0.3 is 7.12 Å². The van der Waals surface area contributed by atoms with Crippen LogP contribution in [0, 0.1) is 0 Å². The molecule has 0 amide bonds. The standard InChI is InChI=1S/C11H10BClO3/c1-16-9-6-7-4-2-3-5-8(7)11(13)10(9)12(14)15/h2-6,14-15H,1H3. The SMILES string of the molecule is COc1cc2ccccc2c(Cl)c1B(O)O. The minimum absolute atomic E-state index is 0.197. The molecule has 0 radical (unpaired) electrons. The highest BCUT2D eigenvalue weighted by Crippen LogP contribution is 2.27. The van der Waals surface area contributed by atoms with Crippen molar-refractivity contribution in [2.75, 3.05) is 7.11 Å². The van der Waals surface area contributed by atoms with Crippen LogP contribution in [-0.2, 0) is 0 Å². The van der Waals surface area contributed by atoms with Crippen LogP contribution in [0.25, 0.3) is 10.8 Å². The lowest BCUT2D eigenvalue weighted by Crippen LogP contribution is -2.32. The van der Waals surface area contributed by atoms with Crippen LogP contribution < -0.4 is 10.2 Å². The van der Waals surface area contributed by atoms with E-state index in [2.05, 4.69) is 0 Å². The Morgan fingerprint density at radius 1 is 1.25 bits per heavy atom. The van der Waals surface area contributed by atoms with Crippen molar-refractivity contribution in [3.05, 3.63) is 35.4 Å². The van der Waals surface area contributed by atoms with Crippen molar-refractivity contribution in [3.63, 3.8) is 0 Å². The van der Waals surface area contributed by atoms with Gasteiger partial charge in [0, 0.05) is 10.8 Å². The van der Waals surface area contributed by atoms with Crippen LogP contribution in [0.15, 0.2) is 30.3 Å². The highest BCUT2D eigenvalue weighted by Gasteiger charge is 2.22. The van der Waals surface area contributed by atoms with E-state index >= 15 is 0 Å². The van der Waals surface area contributed by atoms with Gasteiger partial charge in [-0.15, -0.1) is 0 Å². The van der Waals surface area contributed by atoms with Gasteiger partial charge in [-0.3, -0.25) is 0 Å². The van der Waals surface area contributed by atoms with Gasteiger partial charge in [0.2, 0.25) is 0 Å². The van der Waals surface area contributed by atoms with Gasteiger partial charge < -0.3 is 14.8 Å². The van der Waals surface area contributed by atoms with Gasteiger partial charge in [-0.05, 0) is 11.5 Å². The molecule has 0 saturated carbocycles. The van der Waals surface area contributed by atoms with E-state index in [1.54, 1.807) is 6.07 Å². The van der Waals surface area contributed by atoms with Crippen molar-refractivity contribution in [1.29, 1.82) is 0 Å². The van der Waals surface area contributed by atoms with Gasteiger partial charge in [-0.25, -0.2) is 0 Å². The molecule has 0 saturated heterocycles. The molecule has 0 aliphatic carbocycles. The van der Waals surface area contributed by atoms with Crippen LogP contribution in [0.1, 0.15) is 0 Å². The number of ether oxygens (including phenoxy) is 1. The summed E-state index contributed by atoms with van der Waals surface area (Å²) < 4.78 is 5.09. The zero-order valence-corrected chi connectivity index (χ0v) is 9.40. The van der Waals surface area contributed by atoms with Crippen LogP contribution in [-0.4, -0.2) is 24.3 Å². The topological polar surface area (TPSA) is 49.7 Å². The maximum absolute atomic E-state index is 9.27. The average molecular weight is 236 g/mol. The lowest BCUT2D eigenvalue weighted by Gasteiger charge is -2.12. The maximum atomic E-state index is 9.27. The third-order valence-corrected chi connectivity index (χ3v) is 2.87. The summed E-state index contributed by atoms with van der Waals surface area (Å²) >= 11 is 6.12. The van der Waals surface area contributed by atoms with Gasteiger partial charge in [-0.1, -0.05) is 35.9 Å². The summed E-state index contributed by atoms with van der Waals surface area (Å²) in [6.07, 6.45) is 0. The lowest BCUT2D eigenvalue weighted by atomic mass is 9.78. The van der Waals surface area contributed by atoms with Crippen LogP contribution in [0.5, 0.6) is 5.75 Å². The Morgan fingerprint density at radius 3 is 2.56 bits per heavy atom. The van der Waals surface area contributed by atoms with Crippen molar-refractivity contribution in [3.8, 4) is 5.75 Å². The molecule has 2 N–H and O–H groups in total. The molecule has 0 atom stereocenters. The Bertz CT molecular complexity index is 528. The van der Waals surface area contributed by atoms with E-state index < -0.39 is 7.12 Å². The van der Waals surface area contributed by atoms with Crippen molar-refractivity contribution < 1.29 is 14.8 Å². The quantitative estimate of drug-likeness (QED) is 0.770. The summed E-state index contributed by atoms with van der Waals surface area (Å²) in [5.41, 5.74) is 0.197. The van der Waals surface area contributed by atoms with Crippen LogP contribution >= 0.6 is 11.6 Å². The Hall–Kier alpha value is -1.23. The molecule has 0 spiro atoms. The molecule has 2 rings (SSSR count). The molecule has 0 fully saturated rings. The number of methoxy groups -OCH3 is 1. The smallest absolute Gasteiger partial charge is 0.493 e. The average Bonchev–Trinajstić information content (AvgIpc) is 2.28. The number of hydrogen-bond acceptors (Lipinski definition) is 3. The van der Waals surface area contributed by atoms with Crippen molar-refractivity contribution in [2.45, 2.75) is 0 Å². The minimum atomic E-state index is -1.65. The fourth-order valence-corrected chi connectivity index (χ4v) is 2.07. The summed E-state index contributed by atoms with van der Waals surface area (Å²) in [7, 11) is -0.182. The summed E-state index contributed by atoms with van der Waals surface area (Å²) in [4.78, 5) is 0. The van der Waals surface area contributed by atoms with Gasteiger partial charge in [0.15, 0.2) is 0 Å². The first-order valence-electron chi connectivity index (χ1n) is 4.76. The highest BCUT2D eigenvalue weighted by molar-refractivity contribution is 6.65. The third kappa shape index (κ3) is 1.75. The van der Waals surface area contributed by atoms with Crippen LogP contribution in [0.3, 0.4) is 0 Å². The van der Waals surface area contributed by atoms with E-state index in [1.807, 2.05) is 24.3 Å². The molecule has 0 heterocycles. The van der Waals surface area contributed by atoms with E-state index in [1.165, 1.54) is 7.11 Å². The summed E-state index contributed by atoms with van der Waals surface area (Å²) in [5.74, 6) is 0.374. The van der Waals surface area contributed by atoms with E-state index in [4.69, 9.17) is 16.3 Å². The lowest BCUT2D eigenvalue weighted by molar-refractivity contribution is 0.404. The Balaban J connectivity index is 2.82. The molecular weight excluding hydrogens is 226 g/mol. The van der Waals surface area contributed by atoms with Gasteiger partial charge in [0.25, 0.3) is 0 Å². The molecule has 0 aliphatic rings. The molecule has 3 nitrogen and oxygen atoms in total. The summed E-state index contributed by atoms with van der Waals surface area (Å²) in [6, 6.07) is 9.16. The van der Waals surface area contributed by atoms with Gasteiger partial charge in [0.05, 0.1) is 12.1 Å². The maximum Gasteiger partial charge on any atom is 0.493 e. The van der Waals surface area contributed by atoms with Crippen molar-refractivity contribution >= 4 is 35.0 Å². The molecular formula is C11H10BClO3. The third-order valence-electron chi connectivity index (χ3n) is 2.46. The van der Waals surface area contributed by atoms with Gasteiger partial charge in [0.1, 0.15) is 5.75 Å². The Kier molecular flexibility index (Phi) is 3.05. The van der Waals surface area contributed by atoms with E-state index in [-0.39, 0.29) is 5.46 Å². The first kappa shape index (κ1) is 11.3. The summed E-state index contributed by atoms with van der Waals surface area (Å²) in [5, 5.41) is 20.5. The molecule has 5 heteroatoms. The second kappa shape index (κ2) is 4.33. The van der Waals surface area contributed by atoms with E-state index in [0.717, 1.165) is 10.8 Å². The number of halogens is 1. The van der Waals surface area contributed by atoms with Crippen molar-refractivity contribution in [2.24, 2.45) is 0 Å². The Morgan fingerprint density at radius 2 is 1.94 bits per heavy atom. The largest absolute Gasteiger partial charge is 0.497 e. The molecule has 16 heavy (non-hydrogen) atoms. The molecule has 2 aromatic carbocycles. The molecule has 0 aliphatic heterocycles. The predicted molar refractivity (Wildman–Crippen MR) is 65.3 cm³/mol. The fourth-order valence-electron chi connectivity index (χ4n) is 1.70. The normalized spacial score (nSPS) is 10.5. The molecule has 2 aromatic rings. The molecule has 0 bridgehead atoms. The molecule has 0 unspecified atom stereocenters. The number of fused-ring (bicyclic) bond motifs is 1. The van der Waals surface area contributed by atoms with Crippen LogP contribution in [0.4, 0.5) is 0 Å². The van der Waals surface area contributed by atoms with E-state index in [0.29, 0.717) is 10.8 Å². The summed E-state index contributed by atoms with van der Waals surface area (Å²) in [6.45, 7) is 0. The molecule has 82 valence electrons. The zero-order chi connectivity index (χ0) is 11.7. The number of hydrogen-bond donors (Lipinski definition) is 2. The Labute approximate surface area is 98.4 Å². The monoisotopic (exact) mass is 236 g/mol. The number of benzene rings is 2.